The number of fused-ring (bicyclic) bond motifs is 1. The van der Waals surface area contributed by atoms with Crippen LogP contribution in [0.3, 0.4) is 0 Å². The first-order valence-corrected chi connectivity index (χ1v) is 8.83. The monoisotopic (exact) mass is 397 g/mol. The summed E-state index contributed by atoms with van der Waals surface area (Å²) in [5, 5.41) is 10.8. The summed E-state index contributed by atoms with van der Waals surface area (Å²) in [4.78, 5) is 26.2. The fourth-order valence-corrected chi connectivity index (χ4v) is 3.16. The molecule has 2 heterocycles. The molecule has 2 aromatic heterocycles. The maximum atomic E-state index is 12.5. The summed E-state index contributed by atoms with van der Waals surface area (Å²) in [6.07, 6.45) is -3.85. The number of rotatable bonds is 5. The molecule has 1 amide bonds. The number of alkyl halides is 3. The SMILES string of the molecule is CCc1cc(=O)[nH]c2nnc(SCC(=O)Nc3ccc(C(F)(F)F)cc3)n12. The fourth-order valence-electron chi connectivity index (χ4n) is 2.40. The van der Waals surface area contributed by atoms with E-state index in [2.05, 4.69) is 20.5 Å². The van der Waals surface area contributed by atoms with E-state index in [0.717, 1.165) is 23.9 Å². The minimum absolute atomic E-state index is 0.0237. The van der Waals surface area contributed by atoms with Crippen LogP contribution in [0.5, 0.6) is 0 Å². The van der Waals surface area contributed by atoms with Crippen molar-refractivity contribution in [2.45, 2.75) is 24.7 Å². The number of carbonyl (C=O) groups excluding carboxylic acids is 1. The van der Waals surface area contributed by atoms with Gasteiger partial charge in [-0.3, -0.25) is 19.0 Å². The molecule has 0 fully saturated rings. The van der Waals surface area contributed by atoms with Crippen molar-refractivity contribution in [2.24, 2.45) is 0 Å². The first-order chi connectivity index (χ1) is 12.8. The van der Waals surface area contributed by atoms with E-state index in [1.54, 1.807) is 4.40 Å². The highest BCUT2D eigenvalue weighted by Crippen LogP contribution is 2.29. The van der Waals surface area contributed by atoms with Crippen molar-refractivity contribution in [1.82, 2.24) is 19.6 Å². The highest BCUT2D eigenvalue weighted by Gasteiger charge is 2.30. The van der Waals surface area contributed by atoms with Gasteiger partial charge in [0.2, 0.25) is 11.7 Å². The van der Waals surface area contributed by atoms with Gasteiger partial charge in [0.1, 0.15) is 0 Å². The molecule has 0 radical (unpaired) electrons. The van der Waals surface area contributed by atoms with Crippen molar-refractivity contribution < 1.29 is 18.0 Å². The molecule has 0 aliphatic carbocycles. The first kappa shape index (κ1) is 19.0. The van der Waals surface area contributed by atoms with Crippen LogP contribution >= 0.6 is 11.8 Å². The van der Waals surface area contributed by atoms with E-state index in [1.807, 2.05) is 6.92 Å². The van der Waals surface area contributed by atoms with E-state index in [-0.39, 0.29) is 22.8 Å². The van der Waals surface area contributed by atoms with Crippen molar-refractivity contribution in [3.63, 3.8) is 0 Å². The maximum absolute atomic E-state index is 12.5. The number of hydrogen-bond acceptors (Lipinski definition) is 5. The van der Waals surface area contributed by atoms with Crippen molar-refractivity contribution >= 4 is 29.1 Å². The molecular formula is C16H14F3N5O2S. The van der Waals surface area contributed by atoms with Crippen LogP contribution in [0, 0.1) is 0 Å². The zero-order valence-electron chi connectivity index (χ0n) is 14.0. The molecule has 0 saturated heterocycles. The predicted octanol–water partition coefficient (Wildman–Crippen LogP) is 2.73. The number of carbonyl (C=O) groups is 1. The first-order valence-electron chi connectivity index (χ1n) is 7.85. The molecule has 0 aliphatic rings. The second-order valence-corrected chi connectivity index (χ2v) is 6.47. The molecule has 0 saturated carbocycles. The molecule has 3 rings (SSSR count). The quantitative estimate of drug-likeness (QED) is 0.646. The number of aryl methyl sites for hydroxylation is 1. The van der Waals surface area contributed by atoms with Gasteiger partial charge in [0.15, 0.2) is 5.16 Å². The van der Waals surface area contributed by atoms with Gasteiger partial charge in [-0.1, -0.05) is 18.7 Å². The summed E-state index contributed by atoms with van der Waals surface area (Å²) < 4.78 is 39.3. The van der Waals surface area contributed by atoms with Crippen LogP contribution in [-0.4, -0.2) is 31.2 Å². The lowest BCUT2D eigenvalue weighted by Gasteiger charge is -2.09. The number of benzene rings is 1. The maximum Gasteiger partial charge on any atom is 0.416 e. The molecule has 2 N–H and O–H groups in total. The lowest BCUT2D eigenvalue weighted by molar-refractivity contribution is -0.137. The summed E-state index contributed by atoms with van der Waals surface area (Å²) in [7, 11) is 0. The van der Waals surface area contributed by atoms with Gasteiger partial charge in [0.25, 0.3) is 5.56 Å². The molecule has 142 valence electrons. The molecule has 3 aromatic rings. The van der Waals surface area contributed by atoms with Crippen molar-refractivity contribution in [3.05, 3.63) is 51.9 Å². The Labute approximate surface area is 155 Å². The minimum Gasteiger partial charge on any atom is -0.325 e. The number of amides is 1. The second kappa shape index (κ2) is 7.43. The Morgan fingerprint density at radius 1 is 1.26 bits per heavy atom. The van der Waals surface area contributed by atoms with E-state index >= 15 is 0 Å². The third kappa shape index (κ3) is 4.30. The highest BCUT2D eigenvalue weighted by atomic mass is 32.2. The minimum atomic E-state index is -4.43. The third-order valence-electron chi connectivity index (χ3n) is 3.64. The number of aromatic amines is 1. The molecule has 0 unspecified atom stereocenters. The predicted molar refractivity (Wildman–Crippen MR) is 93.8 cm³/mol. The molecule has 0 spiro atoms. The summed E-state index contributed by atoms with van der Waals surface area (Å²) in [6.45, 7) is 1.87. The zero-order valence-corrected chi connectivity index (χ0v) is 14.8. The average molecular weight is 397 g/mol. The van der Waals surface area contributed by atoms with Crippen molar-refractivity contribution in [1.29, 1.82) is 0 Å². The Kier molecular flexibility index (Phi) is 5.22. The van der Waals surface area contributed by atoms with Crippen LogP contribution in [0.1, 0.15) is 18.2 Å². The number of aromatic nitrogens is 4. The van der Waals surface area contributed by atoms with Gasteiger partial charge in [-0.2, -0.15) is 13.2 Å². The van der Waals surface area contributed by atoms with Crippen molar-refractivity contribution in [3.8, 4) is 0 Å². The molecule has 7 nitrogen and oxygen atoms in total. The standard InChI is InChI=1S/C16H14F3N5O2S/c1-2-11-7-12(25)21-14-22-23-15(24(11)14)27-8-13(26)20-10-5-3-9(4-6-10)16(17,18)19/h3-7H,2,8H2,1H3,(H,20,26)(H,21,22,25). The second-order valence-electron chi connectivity index (χ2n) is 5.53. The van der Waals surface area contributed by atoms with E-state index in [1.165, 1.54) is 18.2 Å². The topological polar surface area (TPSA) is 92.2 Å². The van der Waals surface area contributed by atoms with Crippen LogP contribution in [0.4, 0.5) is 18.9 Å². The number of thioether (sulfide) groups is 1. The van der Waals surface area contributed by atoms with E-state index in [4.69, 9.17) is 0 Å². The Bertz CT molecular complexity index is 1030. The average Bonchev–Trinajstić information content (AvgIpc) is 3.01. The molecule has 1 aromatic carbocycles. The normalized spacial score (nSPS) is 11.7. The molecule has 0 bridgehead atoms. The Morgan fingerprint density at radius 2 is 1.96 bits per heavy atom. The van der Waals surface area contributed by atoms with Crippen LogP contribution < -0.4 is 10.9 Å². The Balaban J connectivity index is 1.68. The van der Waals surface area contributed by atoms with Gasteiger partial charge in [0, 0.05) is 17.4 Å². The van der Waals surface area contributed by atoms with E-state index in [0.29, 0.717) is 17.3 Å². The van der Waals surface area contributed by atoms with Crippen LogP contribution in [0.15, 0.2) is 40.3 Å². The number of nitrogens with zero attached hydrogens (tertiary/aromatic N) is 3. The van der Waals surface area contributed by atoms with Gasteiger partial charge in [0.05, 0.1) is 11.3 Å². The number of anilines is 1. The van der Waals surface area contributed by atoms with Gasteiger partial charge in [-0.15, -0.1) is 10.2 Å². The molecule has 0 aliphatic heterocycles. The van der Waals surface area contributed by atoms with Crippen LogP contribution in [0.25, 0.3) is 5.78 Å². The molecular weight excluding hydrogens is 383 g/mol. The third-order valence-corrected chi connectivity index (χ3v) is 4.57. The van der Waals surface area contributed by atoms with Crippen molar-refractivity contribution in [2.75, 3.05) is 11.1 Å². The van der Waals surface area contributed by atoms with Crippen LogP contribution in [-0.2, 0) is 17.4 Å². The Hall–Kier alpha value is -2.82. The molecule has 27 heavy (non-hydrogen) atoms. The van der Waals surface area contributed by atoms with E-state index in [9.17, 15) is 22.8 Å². The summed E-state index contributed by atoms with van der Waals surface area (Å²) in [5.41, 5.74) is -0.114. The molecule has 11 heteroatoms. The number of hydrogen-bond donors (Lipinski definition) is 2. The van der Waals surface area contributed by atoms with Gasteiger partial charge >= 0.3 is 6.18 Å². The number of H-pyrrole nitrogens is 1. The van der Waals surface area contributed by atoms with Crippen LogP contribution in [0.2, 0.25) is 0 Å². The van der Waals surface area contributed by atoms with Gasteiger partial charge < -0.3 is 5.32 Å². The lowest BCUT2D eigenvalue weighted by Crippen LogP contribution is -2.15. The summed E-state index contributed by atoms with van der Waals surface area (Å²) in [6, 6.07) is 5.62. The summed E-state index contributed by atoms with van der Waals surface area (Å²) in [5.74, 6) is -0.145. The Morgan fingerprint density at radius 3 is 2.59 bits per heavy atom. The van der Waals surface area contributed by atoms with E-state index < -0.39 is 17.6 Å². The number of nitrogens with one attached hydrogen (secondary N) is 2. The smallest absolute Gasteiger partial charge is 0.325 e. The summed E-state index contributed by atoms with van der Waals surface area (Å²) >= 11 is 1.10. The largest absolute Gasteiger partial charge is 0.416 e. The zero-order chi connectivity index (χ0) is 19.6. The van der Waals surface area contributed by atoms with Gasteiger partial charge in [-0.05, 0) is 30.7 Å². The van der Waals surface area contributed by atoms with Gasteiger partial charge in [-0.25, -0.2) is 0 Å². The lowest BCUT2D eigenvalue weighted by atomic mass is 10.2. The molecule has 0 atom stereocenters. The fraction of sp³-hybridized carbons (Fsp3) is 0.250. The number of halogens is 3. The highest BCUT2D eigenvalue weighted by molar-refractivity contribution is 7.99.